The number of nitrogens with two attached hydrogens (primary N) is 1. The fourth-order valence-electron chi connectivity index (χ4n) is 3.67. The summed E-state index contributed by atoms with van der Waals surface area (Å²) >= 11 is 0. The molecular formula is C22H22F2N4O3. The zero-order valence-corrected chi connectivity index (χ0v) is 17.0. The second kappa shape index (κ2) is 8.35. The molecule has 3 aromatic rings. The molecule has 0 radical (unpaired) electrons. The highest BCUT2D eigenvalue weighted by atomic mass is 19.1. The second-order valence-corrected chi connectivity index (χ2v) is 7.58. The lowest BCUT2D eigenvalue weighted by Gasteiger charge is -2.32. The number of halogens is 2. The third kappa shape index (κ3) is 4.22. The molecule has 2 aromatic carbocycles. The van der Waals surface area contributed by atoms with Crippen molar-refractivity contribution in [1.82, 2.24) is 9.80 Å². The summed E-state index contributed by atoms with van der Waals surface area (Å²) in [5.41, 5.74) is 6.50. The molecule has 31 heavy (non-hydrogen) atoms. The van der Waals surface area contributed by atoms with E-state index >= 15 is 0 Å². The molecule has 1 aliphatic heterocycles. The first-order valence-corrected chi connectivity index (χ1v) is 9.85. The Bertz CT molecular complexity index is 1150. The lowest BCUT2D eigenvalue weighted by atomic mass is 10.1. The van der Waals surface area contributed by atoms with E-state index in [1.807, 2.05) is 11.9 Å². The Labute approximate surface area is 177 Å². The van der Waals surface area contributed by atoms with E-state index in [0.29, 0.717) is 24.7 Å². The number of furan rings is 1. The van der Waals surface area contributed by atoms with Crippen LogP contribution in [0.15, 0.2) is 40.8 Å². The van der Waals surface area contributed by atoms with Crippen LogP contribution < -0.4 is 11.1 Å². The predicted molar refractivity (Wildman–Crippen MR) is 112 cm³/mol. The maximum Gasteiger partial charge on any atom is 0.286 e. The number of primary amides is 1. The van der Waals surface area contributed by atoms with E-state index in [1.165, 1.54) is 0 Å². The Morgan fingerprint density at radius 1 is 1.13 bits per heavy atom. The van der Waals surface area contributed by atoms with Gasteiger partial charge in [-0.25, -0.2) is 8.78 Å². The molecule has 162 valence electrons. The van der Waals surface area contributed by atoms with E-state index in [0.717, 1.165) is 24.7 Å². The van der Waals surface area contributed by atoms with Gasteiger partial charge in [-0.05, 0) is 30.8 Å². The highest BCUT2D eigenvalue weighted by Gasteiger charge is 2.23. The maximum absolute atomic E-state index is 14.1. The monoisotopic (exact) mass is 428 g/mol. The number of nitrogens with one attached hydrogen (secondary N) is 1. The van der Waals surface area contributed by atoms with Gasteiger partial charge in [-0.2, -0.15) is 0 Å². The molecule has 1 aromatic heterocycles. The van der Waals surface area contributed by atoms with Crippen molar-refractivity contribution in [3.8, 4) is 0 Å². The molecule has 1 aliphatic rings. The first-order valence-electron chi connectivity index (χ1n) is 9.85. The highest BCUT2D eigenvalue weighted by molar-refractivity contribution is 6.05. The molecular weight excluding hydrogens is 406 g/mol. The van der Waals surface area contributed by atoms with Crippen LogP contribution in [0.5, 0.6) is 0 Å². The molecule has 3 N–H and O–H groups in total. The number of carbonyl (C=O) groups is 2. The quantitative estimate of drug-likeness (QED) is 0.652. The van der Waals surface area contributed by atoms with E-state index in [-0.39, 0.29) is 34.9 Å². The molecule has 0 unspecified atom stereocenters. The van der Waals surface area contributed by atoms with Crippen LogP contribution in [-0.2, 0) is 6.54 Å². The van der Waals surface area contributed by atoms with Gasteiger partial charge in [-0.1, -0.05) is 12.1 Å². The summed E-state index contributed by atoms with van der Waals surface area (Å²) in [5.74, 6) is -2.97. The van der Waals surface area contributed by atoms with Gasteiger partial charge in [-0.3, -0.25) is 9.59 Å². The molecule has 9 heteroatoms. The molecule has 0 aliphatic carbocycles. The summed E-state index contributed by atoms with van der Waals surface area (Å²) in [6.45, 7) is 3.17. The van der Waals surface area contributed by atoms with Crippen LogP contribution >= 0.6 is 0 Å². The normalized spacial score (nSPS) is 14.7. The topological polar surface area (TPSA) is 91.8 Å². The fraction of sp³-hybridized carbons (Fsp3) is 0.273. The van der Waals surface area contributed by atoms with E-state index in [2.05, 4.69) is 10.2 Å². The van der Waals surface area contributed by atoms with Gasteiger partial charge in [0.1, 0.15) is 5.82 Å². The average Bonchev–Trinajstić information content (AvgIpc) is 3.11. The van der Waals surface area contributed by atoms with Crippen molar-refractivity contribution >= 4 is 28.5 Å². The van der Waals surface area contributed by atoms with Crippen molar-refractivity contribution in [3.05, 3.63) is 64.9 Å². The molecule has 0 atom stereocenters. The number of nitrogens with zero attached hydrogens (tertiary/aromatic N) is 2. The number of rotatable bonds is 5. The van der Waals surface area contributed by atoms with Crippen LogP contribution in [0.2, 0.25) is 0 Å². The second-order valence-electron chi connectivity index (χ2n) is 7.58. The molecule has 0 saturated carbocycles. The van der Waals surface area contributed by atoms with E-state index in [1.54, 1.807) is 24.3 Å². The van der Waals surface area contributed by atoms with Crippen molar-refractivity contribution in [3.63, 3.8) is 0 Å². The van der Waals surface area contributed by atoms with E-state index in [9.17, 15) is 18.4 Å². The third-order valence-electron chi connectivity index (χ3n) is 5.37. The minimum absolute atomic E-state index is 0.0503. The van der Waals surface area contributed by atoms with Gasteiger partial charge in [-0.15, -0.1) is 0 Å². The van der Waals surface area contributed by atoms with Crippen LogP contribution in [0.1, 0.15) is 26.5 Å². The molecule has 2 heterocycles. The van der Waals surface area contributed by atoms with Crippen LogP contribution in [0.4, 0.5) is 14.5 Å². The Hall–Kier alpha value is -3.46. The summed E-state index contributed by atoms with van der Waals surface area (Å²) in [7, 11) is 2.02. The van der Waals surface area contributed by atoms with Gasteiger partial charge in [0.15, 0.2) is 11.4 Å². The summed E-state index contributed by atoms with van der Waals surface area (Å²) in [4.78, 5) is 28.6. The zero-order valence-electron chi connectivity index (χ0n) is 17.0. The number of amides is 2. The highest BCUT2D eigenvalue weighted by Crippen LogP contribution is 2.33. The average molecular weight is 428 g/mol. The van der Waals surface area contributed by atoms with Crippen LogP contribution in [0.3, 0.4) is 0 Å². The molecule has 0 bridgehead atoms. The first kappa shape index (κ1) is 20.8. The molecule has 2 amide bonds. The lowest BCUT2D eigenvalue weighted by molar-refractivity contribution is 0.0664. The summed E-state index contributed by atoms with van der Waals surface area (Å²) in [6.07, 6.45) is 0. The van der Waals surface area contributed by atoms with Gasteiger partial charge in [0.05, 0.1) is 11.1 Å². The number of likely N-dealkylation sites (N-methyl/N-ethyl adjacent to an activating group) is 1. The number of benzene rings is 2. The fourth-order valence-corrected chi connectivity index (χ4v) is 3.67. The van der Waals surface area contributed by atoms with Gasteiger partial charge >= 0.3 is 0 Å². The van der Waals surface area contributed by atoms with Crippen molar-refractivity contribution in [1.29, 1.82) is 0 Å². The van der Waals surface area contributed by atoms with Crippen molar-refractivity contribution < 1.29 is 22.8 Å². The maximum atomic E-state index is 14.1. The lowest BCUT2D eigenvalue weighted by Crippen LogP contribution is -2.47. The van der Waals surface area contributed by atoms with Crippen LogP contribution in [-0.4, -0.2) is 54.8 Å². The Balaban J connectivity index is 1.57. The number of carbonyl (C=O) groups excluding carboxylic acids is 2. The van der Waals surface area contributed by atoms with Gasteiger partial charge < -0.3 is 25.3 Å². The van der Waals surface area contributed by atoms with Crippen molar-refractivity contribution in [2.45, 2.75) is 6.54 Å². The van der Waals surface area contributed by atoms with Crippen LogP contribution in [0.25, 0.3) is 11.0 Å². The molecule has 0 spiro atoms. The molecule has 1 fully saturated rings. The first-order chi connectivity index (χ1) is 14.8. The van der Waals surface area contributed by atoms with Crippen molar-refractivity contribution in [2.24, 2.45) is 5.73 Å². The third-order valence-corrected chi connectivity index (χ3v) is 5.37. The SMILES string of the molecule is CN1CCN(C(=O)c2cccc(CNc3c(C(N)=O)oc4c(F)cc(F)cc34)c2)CC1. The molecule has 7 nitrogen and oxygen atoms in total. The van der Waals surface area contributed by atoms with Gasteiger partial charge in [0.25, 0.3) is 11.8 Å². The Morgan fingerprint density at radius 2 is 1.87 bits per heavy atom. The number of fused-ring (bicyclic) bond motifs is 1. The minimum Gasteiger partial charge on any atom is -0.446 e. The number of hydrogen-bond acceptors (Lipinski definition) is 5. The number of hydrogen-bond donors (Lipinski definition) is 2. The Kier molecular flexibility index (Phi) is 5.60. The predicted octanol–water partition coefficient (Wildman–Crippen LogP) is 2.81. The van der Waals surface area contributed by atoms with Gasteiger partial charge in [0.2, 0.25) is 5.76 Å². The zero-order chi connectivity index (χ0) is 22.1. The molecule has 4 rings (SSSR count). The van der Waals surface area contributed by atoms with Crippen molar-refractivity contribution in [2.75, 3.05) is 38.5 Å². The number of anilines is 1. The minimum atomic E-state index is -0.926. The molecule has 1 saturated heterocycles. The Morgan fingerprint density at radius 3 is 2.58 bits per heavy atom. The largest absolute Gasteiger partial charge is 0.446 e. The van der Waals surface area contributed by atoms with Crippen LogP contribution in [0, 0.1) is 11.6 Å². The van der Waals surface area contributed by atoms with E-state index in [4.69, 9.17) is 10.2 Å². The number of piperazine rings is 1. The van der Waals surface area contributed by atoms with E-state index < -0.39 is 17.5 Å². The summed E-state index contributed by atoms with van der Waals surface area (Å²) < 4.78 is 33.0. The standard InChI is InChI=1S/C22H22F2N4O3/c1-27-5-7-28(8-6-27)22(30)14-4-2-3-13(9-14)12-26-18-16-10-15(23)11-17(24)19(16)31-20(18)21(25)29/h2-4,9-11,26H,5-8,12H2,1H3,(H2,25,29). The summed E-state index contributed by atoms with van der Waals surface area (Å²) in [5, 5.41) is 3.06. The summed E-state index contributed by atoms with van der Waals surface area (Å²) in [6, 6.07) is 8.82. The van der Waals surface area contributed by atoms with Gasteiger partial charge in [0, 0.05) is 44.4 Å². The smallest absolute Gasteiger partial charge is 0.286 e.